The van der Waals surface area contributed by atoms with Gasteiger partial charge in [-0.15, -0.1) is 10.2 Å². The maximum absolute atomic E-state index is 9.22. The Bertz CT molecular complexity index is 242. The lowest BCUT2D eigenvalue weighted by Gasteiger charge is -2.04. The Hall–Kier alpha value is -0.0700. The predicted molar refractivity (Wildman–Crippen MR) is 51.5 cm³/mol. The quantitative estimate of drug-likeness (QED) is 0.632. The molecule has 4 nitrogen and oxygen atoms in total. The first-order valence-corrected chi connectivity index (χ1v) is 5.55. The number of aliphatic hydroxyl groups excluding tert-OH is 1. The first kappa shape index (κ1) is 10.0. The average molecular weight is 252 g/mol. The summed E-state index contributed by atoms with van der Waals surface area (Å²) in [5.41, 5.74) is 0. The van der Waals surface area contributed by atoms with Crippen LogP contribution in [0, 0.1) is 0 Å². The van der Waals surface area contributed by atoms with Crippen LogP contribution in [0.2, 0.25) is 0 Å². The van der Waals surface area contributed by atoms with Crippen LogP contribution in [0.5, 0.6) is 0 Å². The van der Waals surface area contributed by atoms with Gasteiger partial charge in [-0.3, -0.25) is 0 Å². The second-order valence-corrected chi connectivity index (χ2v) is 3.98. The fourth-order valence-electron chi connectivity index (χ4n) is 0.619. The summed E-state index contributed by atoms with van der Waals surface area (Å²) in [4.78, 5) is 0. The fourth-order valence-corrected chi connectivity index (χ4v) is 1.97. The van der Waals surface area contributed by atoms with Crippen LogP contribution in [-0.2, 0) is 7.05 Å². The summed E-state index contributed by atoms with van der Waals surface area (Å²) in [6.45, 7) is 0. The summed E-state index contributed by atoms with van der Waals surface area (Å²) >= 11 is 4.69. The largest absolute Gasteiger partial charge is 0.391 e. The molecule has 12 heavy (non-hydrogen) atoms. The zero-order chi connectivity index (χ0) is 8.97. The lowest BCUT2D eigenvalue weighted by Crippen LogP contribution is -2.11. The van der Waals surface area contributed by atoms with E-state index < -0.39 is 0 Å². The maximum Gasteiger partial charge on any atom is 0.190 e. The van der Waals surface area contributed by atoms with Gasteiger partial charge in [-0.2, -0.15) is 0 Å². The molecule has 0 amide bonds. The summed E-state index contributed by atoms with van der Waals surface area (Å²) < 4.78 is 1.83. The summed E-state index contributed by atoms with van der Waals surface area (Å²) in [5.74, 6) is 0.637. The number of hydrogen-bond acceptors (Lipinski definition) is 4. The van der Waals surface area contributed by atoms with E-state index in [1.807, 2.05) is 11.6 Å². The molecule has 68 valence electrons. The number of alkyl halides is 1. The maximum atomic E-state index is 9.22. The summed E-state index contributed by atoms with van der Waals surface area (Å²) in [5, 5.41) is 18.2. The van der Waals surface area contributed by atoms with Gasteiger partial charge in [0.2, 0.25) is 0 Å². The van der Waals surface area contributed by atoms with Gasteiger partial charge in [0.1, 0.15) is 6.33 Å². The first-order valence-electron chi connectivity index (χ1n) is 3.45. The van der Waals surface area contributed by atoms with Gasteiger partial charge in [0.25, 0.3) is 0 Å². The number of thioether (sulfide) groups is 1. The van der Waals surface area contributed by atoms with Crippen molar-refractivity contribution in [3.05, 3.63) is 6.33 Å². The monoisotopic (exact) mass is 251 g/mol. The van der Waals surface area contributed by atoms with Crippen LogP contribution in [0.3, 0.4) is 0 Å². The van der Waals surface area contributed by atoms with Crippen molar-refractivity contribution in [2.45, 2.75) is 11.3 Å². The van der Waals surface area contributed by atoms with Crippen molar-refractivity contribution in [1.29, 1.82) is 0 Å². The fraction of sp³-hybridized carbons (Fsp3) is 0.667. The topological polar surface area (TPSA) is 50.9 Å². The highest BCUT2D eigenvalue weighted by Gasteiger charge is 2.05. The second-order valence-electron chi connectivity index (χ2n) is 2.34. The number of aryl methyl sites for hydroxylation is 1. The van der Waals surface area contributed by atoms with Crippen LogP contribution in [0.25, 0.3) is 0 Å². The van der Waals surface area contributed by atoms with Crippen molar-refractivity contribution in [2.75, 3.05) is 11.1 Å². The zero-order valence-electron chi connectivity index (χ0n) is 6.64. The zero-order valence-corrected chi connectivity index (χ0v) is 9.05. The Labute approximate surface area is 83.5 Å². The highest BCUT2D eigenvalue weighted by molar-refractivity contribution is 9.09. The van der Waals surface area contributed by atoms with E-state index in [9.17, 15) is 5.11 Å². The normalized spacial score (nSPS) is 13.2. The molecule has 0 aromatic carbocycles. The number of hydrogen-bond donors (Lipinski definition) is 1. The Balaban J connectivity index is 2.38. The van der Waals surface area contributed by atoms with Gasteiger partial charge >= 0.3 is 0 Å². The molecule has 0 bridgehead atoms. The minimum Gasteiger partial charge on any atom is -0.391 e. The minimum absolute atomic E-state index is 0.327. The van der Waals surface area contributed by atoms with E-state index in [0.29, 0.717) is 11.1 Å². The Kier molecular flexibility index (Phi) is 4.03. The molecule has 1 unspecified atom stereocenters. The SMILES string of the molecule is Cn1cnnc1SCC(O)CBr. The second kappa shape index (κ2) is 4.84. The van der Waals surface area contributed by atoms with Crippen molar-refractivity contribution in [2.24, 2.45) is 7.05 Å². The van der Waals surface area contributed by atoms with Crippen LogP contribution < -0.4 is 0 Å². The predicted octanol–water partition coefficient (Wildman–Crippen LogP) is 0.663. The standard InChI is InChI=1S/C6H10BrN3OS/c1-10-4-8-9-6(10)12-3-5(11)2-7/h4-5,11H,2-3H2,1H3. The Morgan fingerprint density at radius 1 is 1.83 bits per heavy atom. The van der Waals surface area contributed by atoms with Gasteiger partial charge < -0.3 is 9.67 Å². The minimum atomic E-state index is -0.327. The number of rotatable bonds is 4. The van der Waals surface area contributed by atoms with Crippen molar-refractivity contribution in [1.82, 2.24) is 14.8 Å². The van der Waals surface area contributed by atoms with Crippen LogP contribution >= 0.6 is 27.7 Å². The molecular weight excluding hydrogens is 242 g/mol. The number of halogens is 1. The molecule has 0 aliphatic carbocycles. The van der Waals surface area contributed by atoms with Crippen LogP contribution in [0.4, 0.5) is 0 Å². The molecule has 0 aliphatic rings. The van der Waals surface area contributed by atoms with E-state index in [4.69, 9.17) is 0 Å². The van der Waals surface area contributed by atoms with E-state index in [-0.39, 0.29) is 6.10 Å². The molecule has 1 aromatic heterocycles. The van der Waals surface area contributed by atoms with E-state index in [1.165, 1.54) is 11.8 Å². The van der Waals surface area contributed by atoms with Crippen LogP contribution in [0.1, 0.15) is 0 Å². The first-order chi connectivity index (χ1) is 5.74. The van der Waals surface area contributed by atoms with Crippen molar-refractivity contribution in [3.8, 4) is 0 Å². The molecule has 1 heterocycles. The van der Waals surface area contributed by atoms with Gasteiger partial charge in [0.15, 0.2) is 5.16 Å². The van der Waals surface area contributed by atoms with Crippen LogP contribution in [-0.4, -0.2) is 37.1 Å². The number of aromatic nitrogens is 3. The number of nitrogens with zero attached hydrogens (tertiary/aromatic N) is 3. The van der Waals surface area contributed by atoms with Gasteiger partial charge in [-0.25, -0.2) is 0 Å². The van der Waals surface area contributed by atoms with E-state index in [0.717, 1.165) is 5.16 Å². The lowest BCUT2D eigenvalue weighted by molar-refractivity contribution is 0.226. The third-order valence-corrected chi connectivity index (χ3v) is 3.18. The summed E-state index contributed by atoms with van der Waals surface area (Å²) in [6, 6.07) is 0. The third-order valence-electron chi connectivity index (χ3n) is 1.25. The molecule has 0 fully saturated rings. The van der Waals surface area contributed by atoms with Crippen molar-refractivity contribution >= 4 is 27.7 Å². The Morgan fingerprint density at radius 3 is 3.08 bits per heavy atom. The smallest absolute Gasteiger partial charge is 0.190 e. The van der Waals surface area contributed by atoms with Crippen molar-refractivity contribution in [3.63, 3.8) is 0 Å². The molecule has 6 heteroatoms. The molecule has 1 aromatic rings. The Morgan fingerprint density at radius 2 is 2.58 bits per heavy atom. The van der Waals surface area contributed by atoms with Crippen molar-refractivity contribution < 1.29 is 5.11 Å². The summed E-state index contributed by atoms with van der Waals surface area (Å²) in [7, 11) is 1.88. The van der Waals surface area contributed by atoms with E-state index >= 15 is 0 Å². The summed E-state index contributed by atoms with van der Waals surface area (Å²) in [6.07, 6.45) is 1.31. The van der Waals surface area contributed by atoms with Gasteiger partial charge in [0, 0.05) is 18.1 Å². The molecule has 1 rings (SSSR count). The molecule has 1 atom stereocenters. The van der Waals surface area contributed by atoms with Crippen LogP contribution in [0.15, 0.2) is 11.5 Å². The highest BCUT2D eigenvalue weighted by atomic mass is 79.9. The lowest BCUT2D eigenvalue weighted by atomic mass is 10.5. The third kappa shape index (κ3) is 2.76. The molecule has 1 N–H and O–H groups in total. The van der Waals surface area contributed by atoms with Gasteiger partial charge in [-0.1, -0.05) is 27.7 Å². The van der Waals surface area contributed by atoms with Gasteiger partial charge in [-0.05, 0) is 0 Å². The van der Waals surface area contributed by atoms with E-state index in [2.05, 4.69) is 26.1 Å². The molecular formula is C6H10BrN3OS. The number of aliphatic hydroxyl groups is 1. The average Bonchev–Trinajstić information content (AvgIpc) is 2.47. The van der Waals surface area contributed by atoms with Gasteiger partial charge in [0.05, 0.1) is 6.10 Å². The highest BCUT2D eigenvalue weighted by Crippen LogP contribution is 2.14. The molecule has 0 aliphatic heterocycles. The molecule has 0 radical (unpaired) electrons. The van der Waals surface area contributed by atoms with E-state index in [1.54, 1.807) is 6.33 Å². The molecule has 0 saturated carbocycles. The molecule has 0 saturated heterocycles. The molecule has 0 spiro atoms.